The lowest BCUT2D eigenvalue weighted by molar-refractivity contribution is 0.490. The first-order valence-corrected chi connectivity index (χ1v) is 6.72. The van der Waals surface area contributed by atoms with Crippen molar-refractivity contribution in [2.75, 3.05) is 6.54 Å². The smallest absolute Gasteiger partial charge is 0.0669 e. The number of halogens is 1. The number of benzene rings is 1. The number of rotatable bonds is 6. The van der Waals surface area contributed by atoms with Gasteiger partial charge in [0.2, 0.25) is 0 Å². The molecule has 1 aromatic rings. The summed E-state index contributed by atoms with van der Waals surface area (Å²) in [5.41, 5.74) is 1.18. The molecule has 0 saturated carbocycles. The van der Waals surface area contributed by atoms with Crippen LogP contribution in [0.5, 0.6) is 0 Å². The Morgan fingerprint density at radius 2 is 2.17 bits per heavy atom. The maximum Gasteiger partial charge on any atom is 0.0669 e. The van der Waals surface area contributed by atoms with Gasteiger partial charge in [-0.1, -0.05) is 28.1 Å². The van der Waals surface area contributed by atoms with Crippen LogP contribution < -0.4 is 5.32 Å². The maximum absolute atomic E-state index is 8.97. The Bertz CT molecular complexity index is 459. The van der Waals surface area contributed by atoms with E-state index in [2.05, 4.69) is 52.4 Å². The van der Waals surface area contributed by atoms with Gasteiger partial charge in [0.1, 0.15) is 0 Å². The Morgan fingerprint density at radius 1 is 1.39 bits per heavy atom. The van der Waals surface area contributed by atoms with Crippen molar-refractivity contribution in [3.63, 3.8) is 0 Å². The molecule has 0 fully saturated rings. The molecule has 0 unspecified atom stereocenters. The van der Waals surface area contributed by atoms with Gasteiger partial charge in [0, 0.05) is 23.5 Å². The minimum atomic E-state index is -0.0979. The second-order valence-electron chi connectivity index (χ2n) is 4.21. The van der Waals surface area contributed by atoms with Gasteiger partial charge < -0.3 is 5.32 Å². The normalized spacial score (nSPS) is 13.3. The minimum Gasteiger partial charge on any atom is -0.309 e. The topological polar surface area (TPSA) is 59.6 Å². The molecule has 0 aliphatic heterocycles. The number of nitriles is 2. The molecule has 0 aliphatic carbocycles. The number of nitrogens with one attached hydrogen (secondary N) is 1. The van der Waals surface area contributed by atoms with E-state index < -0.39 is 0 Å². The van der Waals surface area contributed by atoms with Gasteiger partial charge >= 0.3 is 0 Å². The average Bonchev–Trinajstić information content (AvgIpc) is 2.38. The molecule has 0 heterocycles. The summed E-state index contributed by atoms with van der Waals surface area (Å²) in [5, 5.41) is 20.8. The summed E-state index contributed by atoms with van der Waals surface area (Å²) in [6.07, 6.45) is 1.07. The van der Waals surface area contributed by atoms with E-state index in [9.17, 15) is 0 Å². The highest BCUT2D eigenvalue weighted by Gasteiger charge is 2.10. The highest BCUT2D eigenvalue weighted by Crippen LogP contribution is 2.18. The monoisotopic (exact) mass is 305 g/mol. The first-order valence-electron chi connectivity index (χ1n) is 5.92. The summed E-state index contributed by atoms with van der Waals surface area (Å²) < 4.78 is 1.05. The summed E-state index contributed by atoms with van der Waals surface area (Å²) in [4.78, 5) is 0. The van der Waals surface area contributed by atoms with Crippen LogP contribution in [0, 0.1) is 28.6 Å². The zero-order valence-electron chi connectivity index (χ0n) is 10.4. The van der Waals surface area contributed by atoms with Crippen LogP contribution in [0.4, 0.5) is 0 Å². The Kier molecular flexibility index (Phi) is 6.43. The highest BCUT2D eigenvalue weighted by molar-refractivity contribution is 9.10. The van der Waals surface area contributed by atoms with E-state index in [-0.39, 0.29) is 12.0 Å². The first-order chi connectivity index (χ1) is 8.67. The lowest BCUT2D eigenvalue weighted by Crippen LogP contribution is -2.25. The van der Waals surface area contributed by atoms with E-state index in [4.69, 9.17) is 10.5 Å². The molecule has 1 rings (SSSR count). The van der Waals surface area contributed by atoms with E-state index in [1.54, 1.807) is 0 Å². The molecular formula is C14H16BrN3. The van der Waals surface area contributed by atoms with Crippen LogP contribution in [0.3, 0.4) is 0 Å². The predicted octanol–water partition coefficient (Wildman–Crippen LogP) is 3.54. The van der Waals surface area contributed by atoms with Gasteiger partial charge in [-0.15, -0.1) is 0 Å². The summed E-state index contributed by atoms with van der Waals surface area (Å²) in [6.45, 7) is 2.69. The van der Waals surface area contributed by atoms with Gasteiger partial charge in [-0.2, -0.15) is 10.5 Å². The molecule has 0 spiro atoms. The van der Waals surface area contributed by atoms with Gasteiger partial charge in [0.15, 0.2) is 0 Å². The molecular weight excluding hydrogens is 290 g/mol. The van der Waals surface area contributed by atoms with Crippen LogP contribution in [0.2, 0.25) is 0 Å². The van der Waals surface area contributed by atoms with Crippen molar-refractivity contribution in [3.05, 3.63) is 34.3 Å². The molecule has 0 saturated heterocycles. The van der Waals surface area contributed by atoms with Gasteiger partial charge in [-0.3, -0.25) is 0 Å². The van der Waals surface area contributed by atoms with Crippen molar-refractivity contribution in [2.45, 2.75) is 25.8 Å². The number of hydrogen-bond donors (Lipinski definition) is 1. The Labute approximate surface area is 117 Å². The van der Waals surface area contributed by atoms with Crippen molar-refractivity contribution in [1.29, 1.82) is 10.5 Å². The highest BCUT2D eigenvalue weighted by atomic mass is 79.9. The second kappa shape index (κ2) is 7.87. The number of nitrogens with zero attached hydrogens (tertiary/aromatic N) is 2. The molecule has 1 aromatic carbocycles. The molecule has 2 atom stereocenters. The molecule has 3 nitrogen and oxygen atoms in total. The van der Waals surface area contributed by atoms with Crippen LogP contribution in [0.15, 0.2) is 28.7 Å². The molecule has 0 aliphatic rings. The fourth-order valence-electron chi connectivity index (χ4n) is 1.66. The third-order valence-corrected chi connectivity index (χ3v) is 3.30. The summed E-state index contributed by atoms with van der Waals surface area (Å²) in [6, 6.07) is 12.6. The largest absolute Gasteiger partial charge is 0.309 e. The van der Waals surface area contributed by atoms with Crippen LogP contribution in [-0.2, 0) is 0 Å². The van der Waals surface area contributed by atoms with Crippen LogP contribution >= 0.6 is 15.9 Å². The quantitative estimate of drug-likeness (QED) is 0.874. The summed E-state index contributed by atoms with van der Waals surface area (Å²) >= 11 is 3.44. The van der Waals surface area contributed by atoms with E-state index in [1.807, 2.05) is 12.1 Å². The molecule has 0 bridgehead atoms. The fourth-order valence-corrected chi connectivity index (χ4v) is 2.08. The van der Waals surface area contributed by atoms with Gasteiger partial charge in [-0.25, -0.2) is 0 Å². The van der Waals surface area contributed by atoms with Crippen LogP contribution in [-0.4, -0.2) is 6.54 Å². The lowest BCUT2D eigenvalue weighted by atomic mass is 10.0. The third kappa shape index (κ3) is 4.87. The number of hydrogen-bond acceptors (Lipinski definition) is 3. The predicted molar refractivity (Wildman–Crippen MR) is 74.5 cm³/mol. The van der Waals surface area contributed by atoms with Crippen molar-refractivity contribution < 1.29 is 0 Å². The zero-order chi connectivity index (χ0) is 13.4. The van der Waals surface area contributed by atoms with Crippen LogP contribution in [0.25, 0.3) is 0 Å². The standard InChI is InChI=1S/C14H16BrN3/c1-11(13-5-2-6-14(15)8-13)18-10-12(9-17)4-3-7-16/h2,5-6,8,11-12,18H,3-4,10H2,1H3/t11-,12+/m0/s1. The maximum atomic E-state index is 8.97. The second-order valence-corrected chi connectivity index (χ2v) is 5.12. The van der Waals surface area contributed by atoms with Gasteiger partial charge in [0.25, 0.3) is 0 Å². The van der Waals surface area contributed by atoms with Crippen molar-refractivity contribution in [3.8, 4) is 12.1 Å². The minimum absolute atomic E-state index is 0.0979. The third-order valence-electron chi connectivity index (χ3n) is 2.81. The Hall–Kier alpha value is -1.36. The van der Waals surface area contributed by atoms with E-state index in [0.717, 1.165) is 4.47 Å². The van der Waals surface area contributed by atoms with E-state index in [1.165, 1.54) is 5.56 Å². The zero-order valence-corrected chi connectivity index (χ0v) is 11.9. The SMILES string of the molecule is C[C@H](NC[C@@H](C#N)CCC#N)c1cccc(Br)c1. The summed E-state index contributed by atoms with van der Waals surface area (Å²) in [7, 11) is 0. The average molecular weight is 306 g/mol. The van der Waals surface area contributed by atoms with E-state index in [0.29, 0.717) is 19.4 Å². The van der Waals surface area contributed by atoms with E-state index >= 15 is 0 Å². The molecule has 0 amide bonds. The van der Waals surface area contributed by atoms with Crippen LogP contribution in [0.1, 0.15) is 31.4 Å². The molecule has 1 N–H and O–H groups in total. The molecule has 0 aromatic heterocycles. The van der Waals surface area contributed by atoms with Crippen molar-refractivity contribution in [1.82, 2.24) is 5.32 Å². The molecule has 94 valence electrons. The Morgan fingerprint density at radius 3 is 2.78 bits per heavy atom. The first kappa shape index (κ1) is 14.7. The fraction of sp³-hybridized carbons (Fsp3) is 0.429. The van der Waals surface area contributed by atoms with Crippen molar-refractivity contribution >= 4 is 15.9 Å². The van der Waals surface area contributed by atoms with Gasteiger partial charge in [0.05, 0.1) is 18.1 Å². The van der Waals surface area contributed by atoms with Gasteiger partial charge in [-0.05, 0) is 31.0 Å². The summed E-state index contributed by atoms with van der Waals surface area (Å²) in [5.74, 6) is -0.0979. The molecule has 4 heteroatoms. The molecule has 18 heavy (non-hydrogen) atoms. The Balaban J connectivity index is 2.48. The lowest BCUT2D eigenvalue weighted by Gasteiger charge is -2.16. The van der Waals surface area contributed by atoms with Crippen molar-refractivity contribution in [2.24, 2.45) is 5.92 Å². The molecule has 0 radical (unpaired) electrons.